The average molecular weight is 504 g/mol. The summed E-state index contributed by atoms with van der Waals surface area (Å²) < 4.78 is 1.56. The monoisotopic (exact) mass is 503 g/mol. The summed E-state index contributed by atoms with van der Waals surface area (Å²) in [6.45, 7) is 0. The van der Waals surface area contributed by atoms with Crippen molar-refractivity contribution in [1.82, 2.24) is 19.5 Å². The third-order valence-electron chi connectivity index (χ3n) is 5.92. The van der Waals surface area contributed by atoms with Crippen molar-refractivity contribution in [2.45, 2.75) is 5.16 Å². The molecule has 4 aromatic carbocycles. The van der Waals surface area contributed by atoms with Crippen molar-refractivity contribution in [3.8, 4) is 17.1 Å². The highest BCUT2D eigenvalue weighted by atomic mass is 32.2. The zero-order valence-electron chi connectivity index (χ0n) is 19.6. The van der Waals surface area contributed by atoms with Gasteiger partial charge in [-0.2, -0.15) is 0 Å². The fraction of sp³-hybridized carbons (Fsp3) is 0.0345. The summed E-state index contributed by atoms with van der Waals surface area (Å²) in [5, 5.41) is 3.92. The van der Waals surface area contributed by atoms with Crippen LogP contribution in [-0.2, 0) is 4.79 Å². The molecule has 0 bridgehead atoms. The van der Waals surface area contributed by atoms with Crippen LogP contribution in [0.5, 0.6) is 0 Å². The van der Waals surface area contributed by atoms with Crippen LogP contribution in [0.1, 0.15) is 0 Å². The van der Waals surface area contributed by atoms with Crippen molar-refractivity contribution in [2.24, 2.45) is 0 Å². The molecule has 0 saturated carbocycles. The number of benzene rings is 4. The Hall–Kier alpha value is -4.69. The number of aromatic amines is 1. The summed E-state index contributed by atoms with van der Waals surface area (Å²) in [7, 11) is 0. The number of imidazole rings is 1. The van der Waals surface area contributed by atoms with Crippen LogP contribution in [-0.4, -0.2) is 31.2 Å². The number of nitrogens with one attached hydrogen (secondary N) is 2. The van der Waals surface area contributed by atoms with Crippen LogP contribution in [0.15, 0.2) is 113 Å². The maximum Gasteiger partial charge on any atom is 0.266 e. The van der Waals surface area contributed by atoms with Crippen LogP contribution in [0.3, 0.4) is 0 Å². The van der Waals surface area contributed by atoms with Gasteiger partial charge in [0.2, 0.25) is 5.91 Å². The van der Waals surface area contributed by atoms with Gasteiger partial charge in [0.1, 0.15) is 5.82 Å². The summed E-state index contributed by atoms with van der Waals surface area (Å²) in [4.78, 5) is 38.7. The standard InChI is InChI=1S/C29H21N5O2S/c35-26(30-20-16-14-19(15-17-20)27-31-24-12-6-7-13-25(24)32-27)18-37-29-33-23-11-5-4-10-22(23)28(36)34(29)21-8-2-1-3-9-21/h1-17H,18H2,(H,30,35)(H,31,32). The van der Waals surface area contributed by atoms with E-state index < -0.39 is 0 Å². The Morgan fingerprint density at radius 3 is 2.30 bits per heavy atom. The Bertz CT molecular complexity index is 1760. The summed E-state index contributed by atoms with van der Waals surface area (Å²) in [6, 6.07) is 32.0. The van der Waals surface area contributed by atoms with Gasteiger partial charge in [-0.15, -0.1) is 0 Å². The minimum absolute atomic E-state index is 0.100. The van der Waals surface area contributed by atoms with Crippen molar-refractivity contribution in [3.63, 3.8) is 0 Å². The van der Waals surface area contributed by atoms with Gasteiger partial charge < -0.3 is 10.3 Å². The predicted molar refractivity (Wildman–Crippen MR) is 148 cm³/mol. The molecule has 0 atom stereocenters. The van der Waals surface area contributed by atoms with E-state index in [1.54, 1.807) is 16.7 Å². The molecule has 1 amide bonds. The smallest absolute Gasteiger partial charge is 0.266 e. The van der Waals surface area contributed by atoms with Gasteiger partial charge in [-0.25, -0.2) is 9.97 Å². The molecule has 8 heteroatoms. The molecule has 180 valence electrons. The minimum atomic E-state index is -0.191. The van der Waals surface area contributed by atoms with Gasteiger partial charge in [-0.1, -0.05) is 54.2 Å². The first kappa shape index (κ1) is 22.8. The van der Waals surface area contributed by atoms with E-state index in [1.165, 1.54) is 11.8 Å². The number of rotatable bonds is 6. The quantitative estimate of drug-likeness (QED) is 0.226. The van der Waals surface area contributed by atoms with Crippen LogP contribution in [0.2, 0.25) is 0 Å². The molecule has 0 saturated heterocycles. The van der Waals surface area contributed by atoms with Crippen molar-refractivity contribution in [1.29, 1.82) is 0 Å². The largest absolute Gasteiger partial charge is 0.338 e. The second-order valence-corrected chi connectivity index (χ2v) is 9.35. The number of amides is 1. The zero-order chi connectivity index (χ0) is 25.2. The Balaban J connectivity index is 1.20. The Labute approximate surface area is 216 Å². The molecule has 0 unspecified atom stereocenters. The fourth-order valence-corrected chi connectivity index (χ4v) is 4.95. The Morgan fingerprint density at radius 2 is 1.51 bits per heavy atom. The molecule has 2 N–H and O–H groups in total. The summed E-state index contributed by atoms with van der Waals surface area (Å²) in [6.07, 6.45) is 0. The molecule has 37 heavy (non-hydrogen) atoms. The number of carbonyl (C=O) groups excluding carboxylic acids is 1. The molecule has 7 nitrogen and oxygen atoms in total. The molecule has 0 aliphatic rings. The number of thioether (sulfide) groups is 1. The van der Waals surface area contributed by atoms with Gasteiger partial charge in [0.15, 0.2) is 5.16 Å². The Morgan fingerprint density at radius 1 is 0.811 bits per heavy atom. The molecule has 0 spiro atoms. The molecule has 2 heterocycles. The molecule has 0 fully saturated rings. The molecular formula is C29H21N5O2S. The molecule has 6 aromatic rings. The SMILES string of the molecule is O=C(CSc1nc2ccccc2c(=O)n1-c1ccccc1)Nc1ccc(-c2nc3ccccc3[nH]2)cc1. The van der Waals surface area contributed by atoms with Gasteiger partial charge in [-0.3, -0.25) is 14.2 Å². The highest BCUT2D eigenvalue weighted by Crippen LogP contribution is 2.24. The number of nitrogens with zero attached hydrogens (tertiary/aromatic N) is 3. The van der Waals surface area contributed by atoms with Gasteiger partial charge in [0.05, 0.1) is 33.4 Å². The molecular weight excluding hydrogens is 482 g/mol. The van der Waals surface area contributed by atoms with Gasteiger partial charge >= 0.3 is 0 Å². The number of hydrogen-bond donors (Lipinski definition) is 2. The van der Waals surface area contributed by atoms with Crippen LogP contribution in [0.4, 0.5) is 5.69 Å². The van der Waals surface area contributed by atoms with Gasteiger partial charge in [0.25, 0.3) is 5.56 Å². The van der Waals surface area contributed by atoms with E-state index in [0.29, 0.717) is 27.4 Å². The van der Waals surface area contributed by atoms with Crippen molar-refractivity contribution in [2.75, 3.05) is 11.1 Å². The Kier molecular flexibility index (Phi) is 6.00. The van der Waals surface area contributed by atoms with E-state index in [9.17, 15) is 9.59 Å². The van der Waals surface area contributed by atoms with E-state index in [-0.39, 0.29) is 17.2 Å². The van der Waals surface area contributed by atoms with Crippen molar-refractivity contribution in [3.05, 3.63) is 113 Å². The summed E-state index contributed by atoms with van der Waals surface area (Å²) in [5.74, 6) is 0.683. The third kappa shape index (κ3) is 4.62. The number of H-pyrrole nitrogens is 1. The van der Waals surface area contributed by atoms with E-state index >= 15 is 0 Å². The molecule has 2 aromatic heterocycles. The first-order chi connectivity index (χ1) is 18.2. The topological polar surface area (TPSA) is 92.7 Å². The van der Waals surface area contributed by atoms with Gasteiger partial charge in [0, 0.05) is 11.3 Å². The first-order valence-electron chi connectivity index (χ1n) is 11.7. The minimum Gasteiger partial charge on any atom is -0.338 e. The third-order valence-corrected chi connectivity index (χ3v) is 6.86. The highest BCUT2D eigenvalue weighted by Gasteiger charge is 2.15. The second-order valence-electron chi connectivity index (χ2n) is 8.40. The molecule has 0 aliphatic carbocycles. The number of aromatic nitrogens is 4. The summed E-state index contributed by atoms with van der Waals surface area (Å²) in [5.41, 5.74) is 4.62. The normalized spacial score (nSPS) is 11.1. The predicted octanol–water partition coefficient (Wildman–Crippen LogP) is 5.66. The van der Waals surface area contributed by atoms with E-state index in [4.69, 9.17) is 4.98 Å². The fourth-order valence-electron chi connectivity index (χ4n) is 4.14. The highest BCUT2D eigenvalue weighted by molar-refractivity contribution is 7.99. The summed E-state index contributed by atoms with van der Waals surface area (Å²) >= 11 is 1.23. The van der Waals surface area contributed by atoms with E-state index in [1.807, 2.05) is 91.0 Å². The van der Waals surface area contributed by atoms with Crippen LogP contribution in [0, 0.1) is 0 Å². The van der Waals surface area contributed by atoms with E-state index in [0.717, 1.165) is 22.4 Å². The number of anilines is 1. The second kappa shape index (κ2) is 9.75. The van der Waals surface area contributed by atoms with Crippen LogP contribution in [0.25, 0.3) is 39.0 Å². The lowest BCUT2D eigenvalue weighted by Gasteiger charge is -2.13. The lowest BCUT2D eigenvalue weighted by molar-refractivity contribution is -0.113. The number of fused-ring (bicyclic) bond motifs is 2. The number of carbonyl (C=O) groups is 1. The van der Waals surface area contributed by atoms with Gasteiger partial charge in [-0.05, 0) is 60.7 Å². The first-order valence-corrected chi connectivity index (χ1v) is 12.7. The van der Waals surface area contributed by atoms with Crippen molar-refractivity contribution < 1.29 is 4.79 Å². The lowest BCUT2D eigenvalue weighted by atomic mass is 10.2. The molecule has 0 radical (unpaired) electrons. The number of hydrogen-bond acceptors (Lipinski definition) is 5. The number of para-hydroxylation sites is 4. The van der Waals surface area contributed by atoms with Crippen LogP contribution < -0.4 is 10.9 Å². The maximum absolute atomic E-state index is 13.3. The zero-order valence-corrected chi connectivity index (χ0v) is 20.4. The van der Waals surface area contributed by atoms with Crippen molar-refractivity contribution >= 4 is 45.3 Å². The van der Waals surface area contributed by atoms with E-state index in [2.05, 4.69) is 15.3 Å². The van der Waals surface area contributed by atoms with Crippen LogP contribution >= 0.6 is 11.8 Å². The molecule has 6 rings (SSSR count). The average Bonchev–Trinajstić information content (AvgIpc) is 3.37. The molecule has 0 aliphatic heterocycles. The maximum atomic E-state index is 13.3. The lowest BCUT2D eigenvalue weighted by Crippen LogP contribution is -2.22.